The van der Waals surface area contributed by atoms with E-state index in [1.54, 1.807) is 44.6 Å². The maximum Gasteiger partial charge on any atom is 0.243 e. The van der Waals surface area contributed by atoms with Gasteiger partial charge in [0.2, 0.25) is 11.8 Å². The summed E-state index contributed by atoms with van der Waals surface area (Å²) in [4.78, 5) is 25.1. The summed E-state index contributed by atoms with van der Waals surface area (Å²) >= 11 is 0. The summed E-state index contributed by atoms with van der Waals surface area (Å²) in [5, 5.41) is 5.50. The molecule has 0 aliphatic rings. The molecule has 2 aromatic rings. The van der Waals surface area contributed by atoms with Crippen molar-refractivity contribution in [2.45, 2.75) is 6.92 Å². The van der Waals surface area contributed by atoms with Gasteiger partial charge in [-0.15, -0.1) is 0 Å². The van der Waals surface area contributed by atoms with Crippen molar-refractivity contribution in [1.29, 1.82) is 0 Å². The summed E-state index contributed by atoms with van der Waals surface area (Å²) in [6.45, 7) is 1.61. The van der Waals surface area contributed by atoms with Crippen molar-refractivity contribution in [2.24, 2.45) is 0 Å². The quantitative estimate of drug-likeness (QED) is 0.796. The van der Waals surface area contributed by atoms with Crippen molar-refractivity contribution in [3.05, 3.63) is 42.5 Å². The molecular weight excluding hydrogens is 334 g/mol. The number of amides is 2. The molecule has 0 saturated carbocycles. The number of anilines is 3. The number of methoxy groups -OCH3 is 2. The molecule has 0 bridgehead atoms. The fourth-order valence-corrected chi connectivity index (χ4v) is 2.41. The van der Waals surface area contributed by atoms with Crippen LogP contribution in [0.4, 0.5) is 17.1 Å². The van der Waals surface area contributed by atoms with Crippen LogP contribution >= 0.6 is 0 Å². The highest BCUT2D eigenvalue weighted by Gasteiger charge is 2.11. The molecule has 26 heavy (non-hydrogen) atoms. The lowest BCUT2D eigenvalue weighted by atomic mass is 10.2. The number of benzene rings is 2. The Bertz CT molecular complexity index is 775. The van der Waals surface area contributed by atoms with E-state index in [4.69, 9.17) is 9.47 Å². The molecule has 2 amide bonds. The second-order valence-electron chi connectivity index (χ2n) is 5.70. The highest BCUT2D eigenvalue weighted by atomic mass is 16.5. The van der Waals surface area contributed by atoms with Gasteiger partial charge >= 0.3 is 0 Å². The average molecular weight is 357 g/mol. The van der Waals surface area contributed by atoms with Crippen LogP contribution in [0, 0.1) is 0 Å². The van der Waals surface area contributed by atoms with Gasteiger partial charge in [0.05, 0.1) is 20.8 Å². The third-order valence-corrected chi connectivity index (χ3v) is 3.68. The first kappa shape index (κ1) is 19.1. The zero-order valence-corrected chi connectivity index (χ0v) is 15.3. The van der Waals surface area contributed by atoms with E-state index < -0.39 is 0 Å². The number of hydrogen-bond donors (Lipinski definition) is 2. The van der Waals surface area contributed by atoms with E-state index in [0.29, 0.717) is 22.9 Å². The van der Waals surface area contributed by atoms with Crippen LogP contribution in [-0.4, -0.2) is 39.6 Å². The first-order valence-electron chi connectivity index (χ1n) is 8.03. The van der Waals surface area contributed by atoms with Crippen LogP contribution < -0.4 is 25.0 Å². The zero-order chi connectivity index (χ0) is 19.1. The topological polar surface area (TPSA) is 79.9 Å². The number of hydrogen-bond acceptors (Lipinski definition) is 5. The molecule has 0 aliphatic heterocycles. The molecule has 0 unspecified atom stereocenters. The normalized spacial score (nSPS) is 10.0. The first-order valence-corrected chi connectivity index (χ1v) is 8.03. The Balaban J connectivity index is 1.97. The summed E-state index contributed by atoms with van der Waals surface area (Å²) in [5.74, 6) is 0.937. The van der Waals surface area contributed by atoms with E-state index >= 15 is 0 Å². The van der Waals surface area contributed by atoms with E-state index in [1.807, 2.05) is 24.1 Å². The summed E-state index contributed by atoms with van der Waals surface area (Å²) in [5.41, 5.74) is 2.17. The fraction of sp³-hybridized carbons (Fsp3) is 0.263. The molecule has 0 aromatic heterocycles. The number of likely N-dealkylation sites (N-methyl/N-ethyl adjacent to an activating group) is 1. The third kappa shape index (κ3) is 5.14. The van der Waals surface area contributed by atoms with Crippen molar-refractivity contribution in [3.63, 3.8) is 0 Å². The summed E-state index contributed by atoms with van der Waals surface area (Å²) in [7, 11) is 4.96. The molecule has 138 valence electrons. The molecule has 7 nitrogen and oxygen atoms in total. The molecule has 0 aliphatic carbocycles. The zero-order valence-electron chi connectivity index (χ0n) is 15.3. The maximum absolute atomic E-state index is 12.3. The Morgan fingerprint density at radius 2 is 1.50 bits per heavy atom. The van der Waals surface area contributed by atoms with Gasteiger partial charge in [-0.2, -0.15) is 0 Å². The van der Waals surface area contributed by atoms with Crippen molar-refractivity contribution in [2.75, 3.05) is 43.3 Å². The Kier molecular flexibility index (Phi) is 6.43. The molecule has 7 heteroatoms. The molecule has 0 radical (unpaired) electrons. The number of nitrogens with zero attached hydrogens (tertiary/aromatic N) is 1. The Hall–Kier alpha value is -3.22. The molecule has 2 rings (SSSR count). The molecule has 0 heterocycles. The maximum atomic E-state index is 12.3. The van der Waals surface area contributed by atoms with Crippen LogP contribution in [0.5, 0.6) is 11.5 Å². The minimum absolute atomic E-state index is 0.140. The van der Waals surface area contributed by atoms with Crippen LogP contribution in [0.15, 0.2) is 42.5 Å². The lowest BCUT2D eigenvalue weighted by Crippen LogP contribution is -2.30. The summed E-state index contributed by atoms with van der Waals surface area (Å²) in [6.07, 6.45) is 0. The number of nitrogens with one attached hydrogen (secondary N) is 2. The highest BCUT2D eigenvalue weighted by molar-refractivity contribution is 5.94. The lowest BCUT2D eigenvalue weighted by molar-refractivity contribution is -0.115. The van der Waals surface area contributed by atoms with Crippen molar-refractivity contribution >= 4 is 28.9 Å². The molecule has 2 N–H and O–H groups in total. The van der Waals surface area contributed by atoms with Crippen LogP contribution in [0.2, 0.25) is 0 Å². The smallest absolute Gasteiger partial charge is 0.243 e. The minimum atomic E-state index is -0.158. The number of ether oxygens (including phenoxy) is 2. The van der Waals surface area contributed by atoms with Crippen LogP contribution in [0.1, 0.15) is 6.92 Å². The first-order chi connectivity index (χ1) is 12.4. The third-order valence-electron chi connectivity index (χ3n) is 3.68. The van der Waals surface area contributed by atoms with Gasteiger partial charge in [0.15, 0.2) is 11.5 Å². The van der Waals surface area contributed by atoms with E-state index in [-0.39, 0.29) is 18.4 Å². The molecule has 2 aromatic carbocycles. The van der Waals surface area contributed by atoms with Gasteiger partial charge in [-0.05, 0) is 36.4 Å². The number of rotatable bonds is 7. The largest absolute Gasteiger partial charge is 0.493 e. The van der Waals surface area contributed by atoms with Gasteiger partial charge in [0.1, 0.15) is 0 Å². The van der Waals surface area contributed by atoms with Crippen LogP contribution in [0.3, 0.4) is 0 Å². The molecule has 0 saturated heterocycles. The SMILES string of the molecule is COc1ccc(N(C)CC(=O)Nc2ccc(NC(C)=O)cc2)cc1OC. The number of carbonyl (C=O) groups excluding carboxylic acids is 2. The predicted octanol–water partition coefficient (Wildman–Crippen LogP) is 2.74. The molecule has 0 spiro atoms. The lowest BCUT2D eigenvalue weighted by Gasteiger charge is -2.20. The van der Waals surface area contributed by atoms with Gasteiger partial charge < -0.3 is 25.0 Å². The Labute approximate surface area is 152 Å². The molecule has 0 fully saturated rings. The molecule has 0 atom stereocenters. The summed E-state index contributed by atoms with van der Waals surface area (Å²) < 4.78 is 10.5. The Morgan fingerprint density at radius 3 is 2.04 bits per heavy atom. The number of carbonyl (C=O) groups is 2. The summed E-state index contributed by atoms with van der Waals surface area (Å²) in [6, 6.07) is 12.4. The second kappa shape index (κ2) is 8.75. The van der Waals surface area contributed by atoms with Crippen LogP contribution in [0.25, 0.3) is 0 Å². The fourth-order valence-electron chi connectivity index (χ4n) is 2.41. The van der Waals surface area contributed by atoms with Crippen molar-refractivity contribution < 1.29 is 19.1 Å². The van der Waals surface area contributed by atoms with E-state index in [1.165, 1.54) is 6.92 Å². The van der Waals surface area contributed by atoms with E-state index in [0.717, 1.165) is 5.69 Å². The van der Waals surface area contributed by atoms with Gasteiger partial charge in [0.25, 0.3) is 0 Å². The van der Waals surface area contributed by atoms with Gasteiger partial charge in [0, 0.05) is 37.1 Å². The van der Waals surface area contributed by atoms with Gasteiger partial charge in [-0.1, -0.05) is 0 Å². The predicted molar refractivity (Wildman–Crippen MR) is 102 cm³/mol. The van der Waals surface area contributed by atoms with E-state index in [9.17, 15) is 9.59 Å². The van der Waals surface area contributed by atoms with Gasteiger partial charge in [-0.25, -0.2) is 0 Å². The van der Waals surface area contributed by atoms with E-state index in [2.05, 4.69) is 10.6 Å². The standard InChI is InChI=1S/C19H23N3O4/c1-13(23)20-14-5-7-15(8-6-14)21-19(24)12-22(2)16-9-10-17(25-3)18(11-16)26-4/h5-11H,12H2,1-4H3,(H,20,23)(H,21,24). The minimum Gasteiger partial charge on any atom is -0.493 e. The monoisotopic (exact) mass is 357 g/mol. The second-order valence-corrected chi connectivity index (χ2v) is 5.70. The highest BCUT2D eigenvalue weighted by Crippen LogP contribution is 2.31. The molecular formula is C19H23N3O4. The Morgan fingerprint density at radius 1 is 0.923 bits per heavy atom. The van der Waals surface area contributed by atoms with Gasteiger partial charge in [-0.3, -0.25) is 9.59 Å². The van der Waals surface area contributed by atoms with Crippen molar-refractivity contribution in [1.82, 2.24) is 0 Å². The average Bonchev–Trinajstić information content (AvgIpc) is 2.62. The van der Waals surface area contributed by atoms with Crippen LogP contribution in [-0.2, 0) is 9.59 Å². The van der Waals surface area contributed by atoms with Crippen molar-refractivity contribution in [3.8, 4) is 11.5 Å².